The molecule has 2 heterocycles. The monoisotopic (exact) mass is 389 g/mol. The predicted molar refractivity (Wildman–Crippen MR) is 101 cm³/mol. The lowest BCUT2D eigenvalue weighted by atomic mass is 10.1. The summed E-state index contributed by atoms with van der Waals surface area (Å²) in [6, 6.07) is 3.34. The largest absolute Gasteiger partial charge is 0.493 e. The quantitative estimate of drug-likeness (QED) is 0.691. The van der Waals surface area contributed by atoms with Gasteiger partial charge in [-0.15, -0.1) is 16.4 Å². The van der Waals surface area contributed by atoms with Crippen molar-refractivity contribution in [2.75, 3.05) is 26.6 Å². The minimum Gasteiger partial charge on any atom is -0.493 e. The standard InChI is InChI=1S/C17H19N5O4S/c1-9-10(2)27-17(22-8-18-20-21-22)14(9)16(23)19-11-6-12(24-3)15(26-5)13(7-11)25-4/h6-8H,1-5H3,(H,19,23). The van der Waals surface area contributed by atoms with Crippen LogP contribution in [-0.2, 0) is 0 Å². The van der Waals surface area contributed by atoms with Gasteiger partial charge in [-0.1, -0.05) is 0 Å². The Morgan fingerprint density at radius 1 is 1.11 bits per heavy atom. The topological polar surface area (TPSA) is 100 Å². The molecule has 0 fully saturated rings. The van der Waals surface area contributed by atoms with E-state index < -0.39 is 0 Å². The highest BCUT2D eigenvalue weighted by Gasteiger charge is 2.23. The van der Waals surface area contributed by atoms with Gasteiger partial charge in [0.1, 0.15) is 11.3 Å². The molecule has 0 saturated heterocycles. The SMILES string of the molecule is COc1cc(NC(=O)c2c(-n3cnnn3)sc(C)c2C)cc(OC)c1OC. The number of methoxy groups -OCH3 is 3. The van der Waals surface area contributed by atoms with Crippen LogP contribution in [0.5, 0.6) is 17.2 Å². The summed E-state index contributed by atoms with van der Waals surface area (Å²) < 4.78 is 17.5. The second kappa shape index (κ2) is 7.62. The first kappa shape index (κ1) is 18.6. The Bertz CT molecular complexity index is 943. The molecule has 9 nitrogen and oxygen atoms in total. The Balaban J connectivity index is 2.00. The minimum atomic E-state index is -0.281. The molecular weight excluding hydrogens is 370 g/mol. The molecular formula is C17H19N5O4S. The average Bonchev–Trinajstić information content (AvgIpc) is 3.29. The number of hydrogen-bond acceptors (Lipinski definition) is 8. The van der Waals surface area contributed by atoms with Crippen LogP contribution < -0.4 is 19.5 Å². The van der Waals surface area contributed by atoms with E-state index in [-0.39, 0.29) is 5.91 Å². The van der Waals surface area contributed by atoms with Crippen LogP contribution in [0.3, 0.4) is 0 Å². The number of anilines is 1. The molecule has 0 aliphatic heterocycles. The van der Waals surface area contributed by atoms with Crippen molar-refractivity contribution < 1.29 is 19.0 Å². The molecule has 3 aromatic rings. The molecule has 2 aromatic heterocycles. The van der Waals surface area contributed by atoms with Gasteiger partial charge in [-0.25, -0.2) is 0 Å². The van der Waals surface area contributed by atoms with Crippen molar-refractivity contribution in [1.82, 2.24) is 20.2 Å². The van der Waals surface area contributed by atoms with Gasteiger partial charge >= 0.3 is 0 Å². The van der Waals surface area contributed by atoms with E-state index in [2.05, 4.69) is 20.8 Å². The molecule has 1 amide bonds. The van der Waals surface area contributed by atoms with Crippen LogP contribution in [0.15, 0.2) is 18.5 Å². The first-order valence-electron chi connectivity index (χ1n) is 7.94. The highest BCUT2D eigenvalue weighted by Crippen LogP contribution is 2.40. The number of aromatic nitrogens is 4. The number of tetrazole rings is 1. The number of ether oxygens (including phenoxy) is 3. The summed E-state index contributed by atoms with van der Waals surface area (Å²) in [5.41, 5.74) is 1.90. The van der Waals surface area contributed by atoms with Gasteiger partial charge in [0, 0.05) is 22.7 Å². The third kappa shape index (κ3) is 3.43. The number of rotatable bonds is 6. The summed E-state index contributed by atoms with van der Waals surface area (Å²) in [5, 5.41) is 14.7. The smallest absolute Gasteiger partial charge is 0.259 e. The number of amides is 1. The summed E-state index contributed by atoms with van der Waals surface area (Å²) in [5.74, 6) is 1.07. The van der Waals surface area contributed by atoms with Crippen LogP contribution in [0, 0.1) is 13.8 Å². The zero-order valence-electron chi connectivity index (χ0n) is 15.6. The van der Waals surface area contributed by atoms with E-state index in [1.165, 1.54) is 43.7 Å². The van der Waals surface area contributed by atoms with Crippen molar-refractivity contribution in [3.63, 3.8) is 0 Å². The van der Waals surface area contributed by atoms with Crippen molar-refractivity contribution in [2.45, 2.75) is 13.8 Å². The lowest BCUT2D eigenvalue weighted by Crippen LogP contribution is -2.15. The normalized spacial score (nSPS) is 10.6. The van der Waals surface area contributed by atoms with Crippen molar-refractivity contribution in [3.05, 3.63) is 34.5 Å². The van der Waals surface area contributed by atoms with Gasteiger partial charge in [-0.3, -0.25) is 4.79 Å². The van der Waals surface area contributed by atoms with Crippen LogP contribution >= 0.6 is 11.3 Å². The number of hydrogen-bond donors (Lipinski definition) is 1. The Morgan fingerprint density at radius 3 is 2.30 bits per heavy atom. The van der Waals surface area contributed by atoms with Crippen LogP contribution in [-0.4, -0.2) is 47.4 Å². The number of nitrogens with zero attached hydrogens (tertiary/aromatic N) is 4. The maximum absolute atomic E-state index is 13.0. The molecule has 3 rings (SSSR count). The van der Waals surface area contributed by atoms with Crippen LogP contribution in [0.1, 0.15) is 20.8 Å². The zero-order chi connectivity index (χ0) is 19.6. The summed E-state index contributed by atoms with van der Waals surface area (Å²) in [6.07, 6.45) is 1.46. The van der Waals surface area contributed by atoms with Gasteiger partial charge in [0.25, 0.3) is 5.91 Å². The van der Waals surface area contributed by atoms with Crippen molar-refractivity contribution in [3.8, 4) is 22.2 Å². The number of aryl methyl sites for hydroxylation is 1. The molecule has 0 radical (unpaired) electrons. The molecule has 0 atom stereocenters. The van der Waals surface area contributed by atoms with Crippen molar-refractivity contribution >= 4 is 22.9 Å². The van der Waals surface area contributed by atoms with E-state index in [1.54, 1.807) is 12.1 Å². The van der Waals surface area contributed by atoms with Gasteiger partial charge in [-0.05, 0) is 29.8 Å². The first-order chi connectivity index (χ1) is 13.0. The van der Waals surface area contributed by atoms with Gasteiger partial charge in [0.15, 0.2) is 11.5 Å². The molecule has 0 bridgehead atoms. The number of nitrogens with one attached hydrogen (secondary N) is 1. The van der Waals surface area contributed by atoms with Crippen LogP contribution in [0.2, 0.25) is 0 Å². The van der Waals surface area contributed by atoms with Gasteiger partial charge in [-0.2, -0.15) is 4.68 Å². The fraction of sp³-hybridized carbons (Fsp3) is 0.294. The highest BCUT2D eigenvalue weighted by molar-refractivity contribution is 7.15. The number of benzene rings is 1. The predicted octanol–water partition coefficient (Wildman–Crippen LogP) is 2.62. The van der Waals surface area contributed by atoms with Crippen molar-refractivity contribution in [1.29, 1.82) is 0 Å². The van der Waals surface area contributed by atoms with Gasteiger partial charge in [0.05, 0.1) is 26.9 Å². The number of carbonyl (C=O) groups excluding carboxylic acids is 1. The van der Waals surface area contributed by atoms with E-state index in [1.807, 2.05) is 13.8 Å². The van der Waals surface area contributed by atoms with E-state index in [0.29, 0.717) is 33.5 Å². The third-order valence-electron chi connectivity index (χ3n) is 4.07. The van der Waals surface area contributed by atoms with Crippen LogP contribution in [0.25, 0.3) is 5.00 Å². The maximum Gasteiger partial charge on any atom is 0.259 e. The Hall–Kier alpha value is -3.14. The molecule has 142 valence electrons. The molecule has 27 heavy (non-hydrogen) atoms. The zero-order valence-corrected chi connectivity index (χ0v) is 16.4. The lowest BCUT2D eigenvalue weighted by Gasteiger charge is -2.15. The molecule has 0 spiro atoms. The molecule has 0 unspecified atom stereocenters. The summed E-state index contributed by atoms with van der Waals surface area (Å²) >= 11 is 1.45. The van der Waals surface area contributed by atoms with Crippen molar-refractivity contribution in [2.24, 2.45) is 0 Å². The highest BCUT2D eigenvalue weighted by atomic mass is 32.1. The third-order valence-corrected chi connectivity index (χ3v) is 5.27. The minimum absolute atomic E-state index is 0.281. The van der Waals surface area contributed by atoms with E-state index in [9.17, 15) is 4.79 Å². The summed E-state index contributed by atoms with van der Waals surface area (Å²) in [4.78, 5) is 14.0. The lowest BCUT2D eigenvalue weighted by molar-refractivity contribution is 0.102. The second-order valence-electron chi connectivity index (χ2n) is 5.59. The molecule has 1 aromatic carbocycles. The number of carbonyl (C=O) groups is 1. The average molecular weight is 389 g/mol. The molecule has 10 heteroatoms. The Morgan fingerprint density at radius 2 is 1.78 bits per heavy atom. The molecule has 0 aliphatic rings. The molecule has 0 saturated carbocycles. The van der Waals surface area contributed by atoms with Crippen LogP contribution in [0.4, 0.5) is 5.69 Å². The maximum atomic E-state index is 13.0. The number of thiophene rings is 1. The van der Waals surface area contributed by atoms with Gasteiger partial charge < -0.3 is 19.5 Å². The Labute approximate surface area is 159 Å². The molecule has 0 aliphatic carbocycles. The van der Waals surface area contributed by atoms with Gasteiger partial charge in [0.2, 0.25) is 5.75 Å². The first-order valence-corrected chi connectivity index (χ1v) is 8.76. The summed E-state index contributed by atoms with van der Waals surface area (Å²) in [6.45, 7) is 3.84. The van der Waals surface area contributed by atoms with E-state index in [4.69, 9.17) is 14.2 Å². The fourth-order valence-corrected chi connectivity index (χ4v) is 3.71. The summed E-state index contributed by atoms with van der Waals surface area (Å²) in [7, 11) is 4.56. The van der Waals surface area contributed by atoms with E-state index in [0.717, 1.165) is 10.4 Å². The fourth-order valence-electron chi connectivity index (χ4n) is 2.64. The molecule has 1 N–H and O–H groups in total. The van der Waals surface area contributed by atoms with E-state index >= 15 is 0 Å². The second-order valence-corrected chi connectivity index (χ2v) is 6.79. The Kier molecular flexibility index (Phi) is 5.26.